The molecule has 7 nitrogen and oxygen atoms in total. The monoisotopic (exact) mass is 626 g/mol. The molecular weight excluding hydrogens is 600 g/mol. The molecule has 7 heteroatoms. The number of aryl methyl sites for hydroxylation is 3. The third kappa shape index (κ3) is 3.22. The summed E-state index contributed by atoms with van der Waals surface area (Å²) < 4.78 is 31.0. The van der Waals surface area contributed by atoms with Gasteiger partial charge >= 0.3 is 0 Å². The van der Waals surface area contributed by atoms with Gasteiger partial charge in [0.15, 0.2) is 27.9 Å². The lowest BCUT2D eigenvalue weighted by atomic mass is 10.1. The van der Waals surface area contributed by atoms with E-state index >= 15 is 0 Å². The topological polar surface area (TPSA) is 82.7 Å². The Hall–Kier alpha value is -6.34. The van der Waals surface area contributed by atoms with Crippen LogP contribution in [0.1, 0.15) is 16.7 Å². The zero-order valence-electron chi connectivity index (χ0n) is 26.2. The molecule has 0 unspecified atom stereocenters. The molecule has 0 fully saturated rings. The molecule has 230 valence electrons. The summed E-state index contributed by atoms with van der Waals surface area (Å²) in [4.78, 5) is 0. The van der Waals surface area contributed by atoms with E-state index in [1.807, 2.05) is 30.3 Å². The number of nitrogens with zero attached hydrogens (tertiary/aromatic N) is 2. The van der Waals surface area contributed by atoms with Gasteiger partial charge in [-0.3, -0.25) is 0 Å². The van der Waals surface area contributed by atoms with Gasteiger partial charge in [-0.1, -0.05) is 29.8 Å². The Morgan fingerprint density at radius 2 is 0.958 bits per heavy atom. The van der Waals surface area contributed by atoms with Gasteiger partial charge < -0.3 is 31.9 Å². The van der Waals surface area contributed by atoms with Gasteiger partial charge in [0.25, 0.3) is 0 Å². The summed E-state index contributed by atoms with van der Waals surface area (Å²) >= 11 is 0. The lowest BCUT2D eigenvalue weighted by Crippen LogP contribution is -1.93. The number of hydrogen-bond acceptors (Lipinski definition) is 5. The van der Waals surface area contributed by atoms with Crippen molar-refractivity contribution in [2.45, 2.75) is 20.8 Å². The number of phenolic OH excluding ortho intramolecular Hbond substituents is 1. The van der Waals surface area contributed by atoms with Crippen LogP contribution in [0.4, 0.5) is 0 Å². The first-order chi connectivity index (χ1) is 23.4. The highest BCUT2D eigenvalue weighted by atomic mass is 16.4. The smallest absolute Gasteiger partial charge is 0.198 e. The van der Waals surface area contributed by atoms with Crippen molar-refractivity contribution in [1.29, 1.82) is 0 Å². The minimum Gasteiger partial charge on any atom is -0.508 e. The fourth-order valence-corrected chi connectivity index (χ4v) is 7.56. The number of rotatable bonds is 2. The molecule has 0 amide bonds. The SMILES string of the molecule is Cc1ccc(-n2c3cc(C)ccc3c3oc4c5cc6oc7c8oc9cc(C)ccc9c8n(-c8ccc(O)cc8)c7c6cc5oc4c32)cc1. The summed E-state index contributed by atoms with van der Waals surface area (Å²) in [5.41, 5.74) is 14.9. The Morgan fingerprint density at radius 1 is 0.417 bits per heavy atom. The van der Waals surface area contributed by atoms with Crippen molar-refractivity contribution in [3.05, 3.63) is 114 Å². The Kier molecular flexibility index (Phi) is 4.69. The fourth-order valence-electron chi connectivity index (χ4n) is 7.56. The standard InChI is InChI=1S/C41H26N2O5/c1-20-4-8-23(9-5-20)42-30-16-21(2)6-14-26(30)37-36(42)41-38(48-37)29-19-32-28(18-33(29)47-41)35-40(46-32)39-34(27-15-7-22(3)17-31(27)45-39)43(35)24-10-12-25(44)13-11-24/h4-19,44H,1-3H3. The van der Waals surface area contributed by atoms with Crippen LogP contribution in [0.2, 0.25) is 0 Å². The van der Waals surface area contributed by atoms with Crippen molar-refractivity contribution in [2.75, 3.05) is 0 Å². The molecule has 5 aromatic carbocycles. The molecule has 1 N–H and O–H groups in total. The van der Waals surface area contributed by atoms with Crippen molar-refractivity contribution >= 4 is 88.3 Å². The van der Waals surface area contributed by atoms with E-state index in [1.54, 1.807) is 12.1 Å². The molecule has 11 rings (SSSR count). The van der Waals surface area contributed by atoms with Crippen LogP contribution in [0.3, 0.4) is 0 Å². The van der Waals surface area contributed by atoms with Gasteiger partial charge in [-0.25, -0.2) is 0 Å². The van der Waals surface area contributed by atoms with Crippen LogP contribution in [0.15, 0.2) is 115 Å². The second kappa shape index (κ2) is 8.72. The predicted molar refractivity (Wildman–Crippen MR) is 190 cm³/mol. The first-order valence-electron chi connectivity index (χ1n) is 16.0. The average Bonchev–Trinajstić information content (AvgIpc) is 3.89. The fraction of sp³-hybridized carbons (Fsp3) is 0.0732. The number of fused-ring (bicyclic) bond motifs is 14. The van der Waals surface area contributed by atoms with Crippen molar-refractivity contribution in [3.63, 3.8) is 0 Å². The molecule has 0 spiro atoms. The quantitative estimate of drug-likeness (QED) is 0.206. The van der Waals surface area contributed by atoms with E-state index in [1.165, 1.54) is 11.1 Å². The minimum atomic E-state index is 0.201. The van der Waals surface area contributed by atoms with Gasteiger partial charge in [-0.15, -0.1) is 0 Å². The predicted octanol–water partition coefficient (Wildman–Crippen LogP) is 11.5. The molecule has 0 radical (unpaired) electrons. The van der Waals surface area contributed by atoms with Crippen molar-refractivity contribution in [3.8, 4) is 17.1 Å². The molecule has 0 saturated carbocycles. The van der Waals surface area contributed by atoms with E-state index in [0.717, 1.165) is 71.7 Å². The highest BCUT2D eigenvalue weighted by Crippen LogP contribution is 2.47. The zero-order chi connectivity index (χ0) is 32.0. The number of aromatic nitrogens is 2. The second-order valence-corrected chi connectivity index (χ2v) is 13.0. The van der Waals surface area contributed by atoms with Crippen LogP contribution in [-0.2, 0) is 0 Å². The maximum atomic E-state index is 10.1. The highest BCUT2D eigenvalue weighted by Gasteiger charge is 2.28. The lowest BCUT2D eigenvalue weighted by Gasteiger charge is -2.07. The maximum Gasteiger partial charge on any atom is 0.198 e. The van der Waals surface area contributed by atoms with Crippen molar-refractivity contribution < 1.29 is 22.8 Å². The van der Waals surface area contributed by atoms with E-state index in [-0.39, 0.29) is 5.75 Å². The van der Waals surface area contributed by atoms with Crippen molar-refractivity contribution in [2.24, 2.45) is 0 Å². The summed E-state index contributed by atoms with van der Waals surface area (Å²) in [5.74, 6) is 0.201. The molecule has 0 atom stereocenters. The van der Waals surface area contributed by atoms with Gasteiger partial charge in [0, 0.05) is 27.5 Å². The van der Waals surface area contributed by atoms with E-state index in [2.05, 4.69) is 84.5 Å². The molecule has 0 aliphatic carbocycles. The maximum absolute atomic E-state index is 10.1. The molecule has 6 aromatic heterocycles. The summed E-state index contributed by atoms with van der Waals surface area (Å²) in [6.45, 7) is 6.25. The van der Waals surface area contributed by atoms with Crippen LogP contribution in [-0.4, -0.2) is 14.2 Å². The minimum absolute atomic E-state index is 0.201. The highest BCUT2D eigenvalue weighted by molar-refractivity contribution is 6.24. The molecule has 6 heterocycles. The van der Waals surface area contributed by atoms with Gasteiger partial charge in [-0.2, -0.15) is 0 Å². The van der Waals surface area contributed by atoms with Crippen LogP contribution in [0, 0.1) is 20.8 Å². The Morgan fingerprint density at radius 3 is 1.71 bits per heavy atom. The van der Waals surface area contributed by atoms with E-state index in [0.29, 0.717) is 33.5 Å². The molecule has 11 aromatic rings. The number of benzene rings is 5. The molecule has 0 aliphatic rings. The third-order valence-electron chi connectivity index (χ3n) is 9.80. The Bertz CT molecular complexity index is 3140. The first kappa shape index (κ1) is 25.8. The number of furan rings is 4. The second-order valence-electron chi connectivity index (χ2n) is 13.0. The van der Waals surface area contributed by atoms with Gasteiger partial charge in [0.05, 0.1) is 10.9 Å². The Labute approximate surface area is 271 Å². The Balaban J connectivity index is 1.25. The summed E-state index contributed by atoms with van der Waals surface area (Å²) in [5, 5.41) is 13.9. The molecule has 0 aliphatic heterocycles. The first-order valence-corrected chi connectivity index (χ1v) is 16.0. The number of phenols is 1. The summed E-state index contributed by atoms with van der Waals surface area (Å²) in [6.07, 6.45) is 0. The van der Waals surface area contributed by atoms with E-state index in [9.17, 15) is 5.11 Å². The van der Waals surface area contributed by atoms with E-state index in [4.69, 9.17) is 17.7 Å². The van der Waals surface area contributed by atoms with Gasteiger partial charge in [0.1, 0.15) is 39.0 Å². The van der Waals surface area contributed by atoms with Crippen LogP contribution in [0.25, 0.3) is 99.7 Å². The van der Waals surface area contributed by atoms with Gasteiger partial charge in [0.2, 0.25) is 0 Å². The third-order valence-corrected chi connectivity index (χ3v) is 9.80. The molecule has 0 bridgehead atoms. The number of aromatic hydroxyl groups is 1. The normalized spacial score (nSPS) is 12.6. The zero-order valence-corrected chi connectivity index (χ0v) is 26.2. The molecular formula is C41H26N2O5. The van der Waals surface area contributed by atoms with Crippen LogP contribution < -0.4 is 0 Å². The molecule has 0 saturated heterocycles. The van der Waals surface area contributed by atoms with Crippen LogP contribution >= 0.6 is 0 Å². The average molecular weight is 627 g/mol. The lowest BCUT2D eigenvalue weighted by molar-refractivity contribution is 0.475. The largest absolute Gasteiger partial charge is 0.508 e. The van der Waals surface area contributed by atoms with E-state index < -0.39 is 0 Å². The summed E-state index contributed by atoms with van der Waals surface area (Å²) in [7, 11) is 0. The van der Waals surface area contributed by atoms with Crippen LogP contribution in [0.5, 0.6) is 5.75 Å². The number of hydrogen-bond donors (Lipinski definition) is 1. The van der Waals surface area contributed by atoms with Crippen molar-refractivity contribution in [1.82, 2.24) is 9.13 Å². The summed E-state index contributed by atoms with van der Waals surface area (Å²) in [6, 6.07) is 32.5. The van der Waals surface area contributed by atoms with Gasteiger partial charge in [-0.05, 0) is 105 Å². The molecule has 48 heavy (non-hydrogen) atoms.